The second kappa shape index (κ2) is 9.09. The standard InChI is InChI=1S/C11H10O.2K/c1-11(2,12)9-8-10-6-4-3-5-7-10;;/h4-7H,1-2H3;;/q-2;2*+1. The van der Waals surface area contributed by atoms with Crippen molar-refractivity contribution in [1.29, 1.82) is 0 Å². The Labute approximate surface area is 171 Å². The van der Waals surface area contributed by atoms with Crippen LogP contribution in [0.25, 0.3) is 0 Å². The van der Waals surface area contributed by atoms with Crippen molar-refractivity contribution in [2.75, 3.05) is 0 Å². The van der Waals surface area contributed by atoms with E-state index in [4.69, 9.17) is 0 Å². The molecule has 0 atom stereocenters. The molecule has 0 saturated carbocycles. The third kappa shape index (κ3) is 9.25. The minimum absolute atomic E-state index is 0. The first-order chi connectivity index (χ1) is 5.58. The molecule has 0 radical (unpaired) electrons. The van der Waals surface area contributed by atoms with Crippen LogP contribution >= 0.6 is 0 Å². The van der Waals surface area contributed by atoms with E-state index in [1.807, 2.05) is 12.1 Å². The fraction of sp³-hybridized carbons (Fsp3) is 0.273. The van der Waals surface area contributed by atoms with Crippen LogP contribution in [0.1, 0.15) is 19.4 Å². The first-order valence-electron chi connectivity index (χ1n) is 3.78. The van der Waals surface area contributed by atoms with E-state index in [1.165, 1.54) is 0 Å². The number of hydrogen-bond acceptors (Lipinski definition) is 1. The summed E-state index contributed by atoms with van der Waals surface area (Å²) in [6, 6.07) is 10.1. The minimum Gasteiger partial charge on any atom is -0.840 e. The van der Waals surface area contributed by atoms with Gasteiger partial charge in [0.2, 0.25) is 0 Å². The van der Waals surface area contributed by atoms with E-state index in [-0.39, 0.29) is 103 Å². The molecule has 0 amide bonds. The Morgan fingerprint density at radius 2 is 1.71 bits per heavy atom. The monoisotopic (exact) mass is 236 g/mol. The molecule has 0 heterocycles. The smallest absolute Gasteiger partial charge is 0.840 e. The maximum atomic E-state index is 11.1. The second-order valence-corrected chi connectivity index (χ2v) is 3.05. The molecule has 0 aliphatic carbocycles. The van der Waals surface area contributed by atoms with Crippen molar-refractivity contribution < 1.29 is 108 Å². The molecule has 3 heteroatoms. The van der Waals surface area contributed by atoms with E-state index in [0.29, 0.717) is 0 Å². The van der Waals surface area contributed by atoms with Crippen molar-refractivity contribution >= 4 is 0 Å². The van der Waals surface area contributed by atoms with Crippen molar-refractivity contribution in [3.05, 3.63) is 35.9 Å². The van der Waals surface area contributed by atoms with Gasteiger partial charge >= 0.3 is 103 Å². The topological polar surface area (TPSA) is 23.1 Å². The Hall–Kier alpha value is 2.01. The molecule has 0 bridgehead atoms. The molecule has 1 aromatic rings. The molecular formula is C11H10K2O. The van der Waals surface area contributed by atoms with Gasteiger partial charge < -0.3 is 5.11 Å². The third-order valence-electron chi connectivity index (χ3n) is 1.23. The van der Waals surface area contributed by atoms with Crippen LogP contribution in [-0.2, 0) is 0 Å². The van der Waals surface area contributed by atoms with Crippen molar-refractivity contribution in [2.24, 2.45) is 0 Å². The van der Waals surface area contributed by atoms with Crippen LogP contribution < -0.4 is 108 Å². The number of hydrogen-bond donors (Lipinski definition) is 0. The molecule has 0 unspecified atom stereocenters. The van der Waals surface area contributed by atoms with Crippen LogP contribution in [0.5, 0.6) is 0 Å². The predicted octanol–water partition coefficient (Wildman–Crippen LogP) is -5.01. The van der Waals surface area contributed by atoms with E-state index < -0.39 is 5.60 Å². The Morgan fingerprint density at radius 3 is 2.14 bits per heavy atom. The fourth-order valence-electron chi connectivity index (χ4n) is 0.693. The summed E-state index contributed by atoms with van der Waals surface area (Å²) < 4.78 is 0. The van der Waals surface area contributed by atoms with Crippen LogP contribution in [0.3, 0.4) is 0 Å². The van der Waals surface area contributed by atoms with Crippen LogP contribution in [0.2, 0.25) is 0 Å². The van der Waals surface area contributed by atoms with Gasteiger partial charge in [-0.15, -0.1) is 5.92 Å². The number of benzene rings is 1. The summed E-state index contributed by atoms with van der Waals surface area (Å²) in [5, 5.41) is 11.1. The molecule has 0 N–H and O–H groups in total. The van der Waals surface area contributed by atoms with Gasteiger partial charge in [0, 0.05) is 0 Å². The van der Waals surface area contributed by atoms with Gasteiger partial charge in [0.15, 0.2) is 0 Å². The zero-order valence-corrected chi connectivity index (χ0v) is 15.5. The van der Waals surface area contributed by atoms with Gasteiger partial charge in [-0.1, -0.05) is 30.9 Å². The first kappa shape index (κ1) is 18.4. The molecule has 14 heavy (non-hydrogen) atoms. The van der Waals surface area contributed by atoms with Gasteiger partial charge in [-0.2, -0.15) is 30.3 Å². The molecule has 0 saturated heterocycles. The third-order valence-corrected chi connectivity index (χ3v) is 1.23. The maximum Gasteiger partial charge on any atom is 1.00 e. The summed E-state index contributed by atoms with van der Waals surface area (Å²) in [5.41, 5.74) is -0.308. The van der Waals surface area contributed by atoms with Crippen molar-refractivity contribution in [1.82, 2.24) is 0 Å². The molecule has 0 aliphatic heterocycles. The average molecular weight is 236 g/mol. The van der Waals surface area contributed by atoms with E-state index in [2.05, 4.69) is 17.9 Å². The van der Waals surface area contributed by atoms with E-state index in [0.717, 1.165) is 5.56 Å². The Balaban J connectivity index is 0. The Morgan fingerprint density at radius 1 is 1.21 bits per heavy atom. The van der Waals surface area contributed by atoms with Crippen LogP contribution in [-0.4, -0.2) is 5.60 Å². The molecule has 1 aromatic carbocycles. The van der Waals surface area contributed by atoms with Gasteiger partial charge in [-0.3, -0.25) is 0 Å². The van der Waals surface area contributed by atoms with Gasteiger partial charge in [0.05, 0.1) is 0 Å². The SMILES string of the molecule is CC(C)([O-])C#Cc1cc[c-]cc1.[K+].[K+]. The maximum absolute atomic E-state index is 11.1. The Bertz CT molecular complexity index is 304. The largest absolute Gasteiger partial charge is 1.00 e. The predicted molar refractivity (Wildman–Crippen MR) is 46.2 cm³/mol. The normalized spacial score (nSPS) is 8.79. The Kier molecular flexibility index (Phi) is 11.9. The molecule has 0 aliphatic rings. The average Bonchev–Trinajstić information content (AvgIpc) is 2.02. The molecule has 1 rings (SSSR count). The van der Waals surface area contributed by atoms with E-state index in [9.17, 15) is 5.11 Å². The molecule has 0 aromatic heterocycles. The van der Waals surface area contributed by atoms with E-state index >= 15 is 0 Å². The van der Waals surface area contributed by atoms with Crippen LogP contribution in [0.15, 0.2) is 24.3 Å². The first-order valence-corrected chi connectivity index (χ1v) is 3.78. The second-order valence-electron chi connectivity index (χ2n) is 3.05. The van der Waals surface area contributed by atoms with Crippen molar-refractivity contribution in [3.63, 3.8) is 0 Å². The quantitative estimate of drug-likeness (QED) is 0.251. The summed E-state index contributed by atoms with van der Waals surface area (Å²) in [7, 11) is 0. The summed E-state index contributed by atoms with van der Waals surface area (Å²) in [6.45, 7) is 3.10. The van der Waals surface area contributed by atoms with Crippen LogP contribution in [0.4, 0.5) is 0 Å². The molecule has 0 spiro atoms. The summed E-state index contributed by atoms with van der Waals surface area (Å²) in [4.78, 5) is 0. The zero-order valence-electron chi connectivity index (χ0n) is 9.22. The molecular weight excluding hydrogens is 226 g/mol. The molecule has 62 valence electrons. The summed E-state index contributed by atoms with van der Waals surface area (Å²) >= 11 is 0. The van der Waals surface area contributed by atoms with Crippen molar-refractivity contribution in [3.8, 4) is 11.8 Å². The summed E-state index contributed by atoms with van der Waals surface area (Å²) in [6.07, 6.45) is 0. The van der Waals surface area contributed by atoms with Gasteiger partial charge in [-0.05, 0) is 0 Å². The number of rotatable bonds is 0. The van der Waals surface area contributed by atoms with Gasteiger partial charge in [0.1, 0.15) is 0 Å². The molecule has 0 fully saturated rings. The van der Waals surface area contributed by atoms with Crippen LogP contribution in [0, 0.1) is 17.9 Å². The fourth-order valence-corrected chi connectivity index (χ4v) is 0.693. The molecule has 1 nitrogen and oxygen atoms in total. The van der Waals surface area contributed by atoms with Crippen molar-refractivity contribution in [2.45, 2.75) is 19.4 Å². The minimum atomic E-state index is -1.17. The van der Waals surface area contributed by atoms with Gasteiger partial charge in [0.25, 0.3) is 0 Å². The van der Waals surface area contributed by atoms with E-state index in [1.54, 1.807) is 26.0 Å². The summed E-state index contributed by atoms with van der Waals surface area (Å²) in [5.74, 6) is 5.42. The zero-order chi connectivity index (χ0) is 9.03. The van der Waals surface area contributed by atoms with Gasteiger partial charge in [-0.25, -0.2) is 0 Å².